The lowest BCUT2D eigenvalue weighted by molar-refractivity contribution is 0.106. The normalized spacial score (nSPS) is 20.0. The molecular weight excluding hydrogens is 436 g/mol. The van der Waals surface area contributed by atoms with E-state index < -0.39 is 11.6 Å². The molecule has 0 saturated carbocycles. The molecule has 2 aliphatic heterocycles. The van der Waals surface area contributed by atoms with E-state index in [1.54, 1.807) is 0 Å². The molecule has 7 nitrogen and oxygen atoms in total. The molecule has 0 amide bonds. The Kier molecular flexibility index (Phi) is 6.47. The van der Waals surface area contributed by atoms with E-state index in [1.165, 1.54) is 54.8 Å². The molecule has 2 aromatic carbocycles. The van der Waals surface area contributed by atoms with Crippen LogP contribution in [0.3, 0.4) is 0 Å². The molecular formula is C25H31F2N7. The molecule has 0 spiro atoms. The second kappa shape index (κ2) is 9.68. The number of likely N-dealkylation sites (tertiary alicyclic amines) is 1. The predicted octanol–water partition coefficient (Wildman–Crippen LogP) is 3.81. The molecule has 9 heteroatoms. The van der Waals surface area contributed by atoms with Gasteiger partial charge in [-0.25, -0.2) is 13.5 Å². The van der Waals surface area contributed by atoms with Crippen molar-refractivity contribution >= 4 is 17.3 Å². The Balaban J connectivity index is 1.25. The Hall–Kier alpha value is -3.04. The Morgan fingerprint density at radius 2 is 1.68 bits per heavy atom. The first kappa shape index (κ1) is 22.7. The fourth-order valence-electron chi connectivity index (χ4n) is 5.05. The van der Waals surface area contributed by atoms with E-state index in [-0.39, 0.29) is 5.69 Å². The van der Waals surface area contributed by atoms with Gasteiger partial charge in [0.1, 0.15) is 18.0 Å². The van der Waals surface area contributed by atoms with Crippen LogP contribution in [0.25, 0.3) is 5.69 Å². The molecule has 3 heterocycles. The van der Waals surface area contributed by atoms with Crippen molar-refractivity contribution in [3.63, 3.8) is 0 Å². The minimum atomic E-state index is -0.654. The van der Waals surface area contributed by atoms with Gasteiger partial charge >= 0.3 is 0 Å². The summed E-state index contributed by atoms with van der Waals surface area (Å²) in [5, 5.41) is 7.57. The van der Waals surface area contributed by atoms with Crippen LogP contribution in [-0.2, 0) is 0 Å². The van der Waals surface area contributed by atoms with Crippen molar-refractivity contribution in [2.24, 2.45) is 0 Å². The number of aromatic nitrogens is 3. The van der Waals surface area contributed by atoms with E-state index in [4.69, 9.17) is 0 Å². The fourth-order valence-corrected chi connectivity index (χ4v) is 5.05. The summed E-state index contributed by atoms with van der Waals surface area (Å²) in [6.45, 7) is 8.60. The van der Waals surface area contributed by atoms with Gasteiger partial charge in [-0.3, -0.25) is 4.90 Å². The number of anilines is 3. The number of hydrogen-bond donors (Lipinski definition) is 1. The Bertz CT molecular complexity index is 1120. The van der Waals surface area contributed by atoms with Crippen molar-refractivity contribution < 1.29 is 8.78 Å². The SMILES string of the molecule is Cc1cc(Nc2ncn(-c3cc(F)cc(F)c3)n2)cc(N2CCN(C3CCCN(C)C3)CC2)c1. The van der Waals surface area contributed by atoms with Crippen LogP contribution in [0, 0.1) is 18.6 Å². The van der Waals surface area contributed by atoms with Crippen LogP contribution in [0.4, 0.5) is 26.1 Å². The quantitative estimate of drug-likeness (QED) is 0.616. The summed E-state index contributed by atoms with van der Waals surface area (Å²) < 4.78 is 28.5. The first-order chi connectivity index (χ1) is 16.4. The molecule has 1 aromatic heterocycles. The largest absolute Gasteiger partial charge is 0.369 e. The Morgan fingerprint density at radius 1 is 0.912 bits per heavy atom. The molecule has 5 rings (SSSR count). The van der Waals surface area contributed by atoms with Gasteiger partial charge in [0.05, 0.1) is 5.69 Å². The number of nitrogens with zero attached hydrogens (tertiary/aromatic N) is 6. The van der Waals surface area contributed by atoms with Crippen molar-refractivity contribution in [1.82, 2.24) is 24.6 Å². The number of benzene rings is 2. The van der Waals surface area contributed by atoms with E-state index in [2.05, 4.69) is 56.2 Å². The summed E-state index contributed by atoms with van der Waals surface area (Å²) in [6.07, 6.45) is 4.02. The zero-order valence-electron chi connectivity index (χ0n) is 19.7. The average Bonchev–Trinajstić information content (AvgIpc) is 3.27. The number of likely N-dealkylation sites (N-methyl/N-ethyl adjacent to an activating group) is 1. The molecule has 1 atom stereocenters. The van der Waals surface area contributed by atoms with Crippen LogP contribution < -0.4 is 10.2 Å². The molecule has 2 saturated heterocycles. The zero-order valence-corrected chi connectivity index (χ0v) is 19.7. The van der Waals surface area contributed by atoms with Crippen molar-refractivity contribution in [2.45, 2.75) is 25.8 Å². The van der Waals surface area contributed by atoms with Gasteiger partial charge in [0.2, 0.25) is 5.95 Å². The highest BCUT2D eigenvalue weighted by Crippen LogP contribution is 2.26. The van der Waals surface area contributed by atoms with Gasteiger partial charge in [0, 0.05) is 56.2 Å². The second-order valence-corrected chi connectivity index (χ2v) is 9.40. The van der Waals surface area contributed by atoms with Gasteiger partial charge in [-0.2, -0.15) is 4.98 Å². The number of rotatable bonds is 5. The molecule has 0 radical (unpaired) electrons. The number of piperazine rings is 1. The molecule has 34 heavy (non-hydrogen) atoms. The average molecular weight is 468 g/mol. The lowest BCUT2D eigenvalue weighted by Gasteiger charge is -2.43. The first-order valence-corrected chi connectivity index (χ1v) is 11.9. The van der Waals surface area contributed by atoms with Gasteiger partial charge in [-0.1, -0.05) is 0 Å². The number of halogens is 2. The van der Waals surface area contributed by atoms with Crippen molar-refractivity contribution in [1.29, 1.82) is 0 Å². The van der Waals surface area contributed by atoms with Gasteiger partial charge < -0.3 is 15.1 Å². The summed E-state index contributed by atoms with van der Waals surface area (Å²) in [4.78, 5) is 11.8. The minimum absolute atomic E-state index is 0.282. The lowest BCUT2D eigenvalue weighted by atomic mass is 10.0. The molecule has 1 N–H and O–H groups in total. The maximum Gasteiger partial charge on any atom is 0.246 e. The monoisotopic (exact) mass is 467 g/mol. The van der Waals surface area contributed by atoms with Crippen molar-refractivity contribution in [3.8, 4) is 5.69 Å². The highest BCUT2D eigenvalue weighted by molar-refractivity contribution is 5.64. The van der Waals surface area contributed by atoms with Crippen LogP contribution in [-0.4, -0.2) is 76.9 Å². The predicted molar refractivity (Wildman–Crippen MR) is 130 cm³/mol. The summed E-state index contributed by atoms with van der Waals surface area (Å²) in [6, 6.07) is 10.3. The third-order valence-corrected chi connectivity index (χ3v) is 6.72. The van der Waals surface area contributed by atoms with Crippen LogP contribution >= 0.6 is 0 Å². The van der Waals surface area contributed by atoms with E-state index in [0.29, 0.717) is 12.0 Å². The van der Waals surface area contributed by atoms with Crippen LogP contribution in [0.2, 0.25) is 0 Å². The Morgan fingerprint density at radius 3 is 2.41 bits per heavy atom. The summed E-state index contributed by atoms with van der Waals surface area (Å²) >= 11 is 0. The lowest BCUT2D eigenvalue weighted by Crippen LogP contribution is -2.54. The molecule has 0 bridgehead atoms. The molecule has 3 aromatic rings. The highest BCUT2D eigenvalue weighted by atomic mass is 19.1. The van der Waals surface area contributed by atoms with E-state index in [1.807, 2.05) is 6.07 Å². The molecule has 2 fully saturated rings. The maximum absolute atomic E-state index is 13.6. The van der Waals surface area contributed by atoms with Gasteiger partial charge in [0.15, 0.2) is 0 Å². The third-order valence-electron chi connectivity index (χ3n) is 6.72. The van der Waals surface area contributed by atoms with E-state index in [0.717, 1.165) is 43.5 Å². The number of hydrogen-bond acceptors (Lipinski definition) is 6. The maximum atomic E-state index is 13.6. The van der Waals surface area contributed by atoms with Crippen LogP contribution in [0.15, 0.2) is 42.7 Å². The van der Waals surface area contributed by atoms with Crippen LogP contribution in [0.5, 0.6) is 0 Å². The fraction of sp³-hybridized carbons (Fsp3) is 0.440. The summed E-state index contributed by atoms with van der Waals surface area (Å²) in [5.41, 5.74) is 3.48. The van der Waals surface area contributed by atoms with Gasteiger partial charge in [-0.05, 0) is 69.3 Å². The smallest absolute Gasteiger partial charge is 0.246 e. The Labute approximate surface area is 199 Å². The molecule has 180 valence electrons. The molecule has 0 aliphatic carbocycles. The van der Waals surface area contributed by atoms with Crippen LogP contribution in [0.1, 0.15) is 18.4 Å². The van der Waals surface area contributed by atoms with Crippen molar-refractivity contribution in [3.05, 3.63) is 59.9 Å². The first-order valence-electron chi connectivity index (χ1n) is 11.9. The number of aryl methyl sites for hydroxylation is 1. The standard InChI is InChI=1S/C25H31F2N7/c1-18-10-21(29-25-28-17-34(30-25)24-13-19(26)12-20(27)14-24)15-23(11-18)33-8-6-32(7-9-33)22-4-3-5-31(2)16-22/h10-15,17,22H,3-9,16H2,1-2H3,(H,29,30). The van der Waals surface area contributed by atoms with Gasteiger partial charge in [0.25, 0.3) is 0 Å². The van der Waals surface area contributed by atoms with E-state index in [9.17, 15) is 8.78 Å². The number of piperidine rings is 1. The number of nitrogens with one attached hydrogen (secondary N) is 1. The minimum Gasteiger partial charge on any atom is -0.369 e. The van der Waals surface area contributed by atoms with Gasteiger partial charge in [-0.15, -0.1) is 5.10 Å². The topological polar surface area (TPSA) is 52.5 Å². The van der Waals surface area contributed by atoms with E-state index >= 15 is 0 Å². The summed E-state index contributed by atoms with van der Waals surface area (Å²) in [7, 11) is 2.22. The zero-order chi connectivity index (χ0) is 23.7. The molecule has 2 aliphatic rings. The third kappa shape index (κ3) is 5.20. The highest BCUT2D eigenvalue weighted by Gasteiger charge is 2.27. The van der Waals surface area contributed by atoms with Crippen molar-refractivity contribution in [2.75, 3.05) is 56.5 Å². The molecule has 1 unspecified atom stereocenters. The second-order valence-electron chi connectivity index (χ2n) is 9.40. The summed E-state index contributed by atoms with van der Waals surface area (Å²) in [5.74, 6) is -0.940.